The van der Waals surface area contributed by atoms with Crippen LogP contribution in [-0.4, -0.2) is 47.6 Å². The van der Waals surface area contributed by atoms with Gasteiger partial charge >= 0.3 is 0 Å². The Balaban J connectivity index is 1.64. The summed E-state index contributed by atoms with van der Waals surface area (Å²) in [6.45, 7) is 2.58. The van der Waals surface area contributed by atoms with E-state index in [0.717, 1.165) is 13.0 Å². The van der Waals surface area contributed by atoms with Crippen LogP contribution >= 0.6 is 0 Å². The average Bonchev–Trinajstić information content (AvgIpc) is 2.61. The Morgan fingerprint density at radius 2 is 2.00 bits per heavy atom. The molecule has 1 amide bonds. The van der Waals surface area contributed by atoms with Gasteiger partial charge in [-0.3, -0.25) is 4.79 Å². The van der Waals surface area contributed by atoms with Crippen molar-refractivity contribution in [2.75, 3.05) is 32.1 Å². The topological polar surface area (TPSA) is 67.3 Å². The molecule has 1 aliphatic heterocycles. The summed E-state index contributed by atoms with van der Waals surface area (Å²) in [6, 6.07) is 8.25. The maximum absolute atomic E-state index is 12.6. The zero-order valence-corrected chi connectivity index (χ0v) is 13.2. The first-order chi connectivity index (χ1) is 11.3. The van der Waals surface area contributed by atoms with E-state index in [1.807, 2.05) is 17.0 Å². The van der Waals surface area contributed by atoms with Gasteiger partial charge < -0.3 is 15.0 Å². The molecule has 6 heteroatoms. The second-order valence-corrected chi connectivity index (χ2v) is 5.46. The van der Waals surface area contributed by atoms with Crippen molar-refractivity contribution < 1.29 is 9.53 Å². The summed E-state index contributed by atoms with van der Waals surface area (Å²) in [5.41, 5.74) is 3.05. The molecule has 0 fully saturated rings. The third-order valence-electron chi connectivity index (χ3n) is 3.91. The molecule has 3 rings (SSSR count). The molecule has 0 saturated heterocycles. The number of nitrogens with one attached hydrogen (secondary N) is 1. The first kappa shape index (κ1) is 15.4. The van der Waals surface area contributed by atoms with Gasteiger partial charge in [-0.25, -0.2) is 9.97 Å². The van der Waals surface area contributed by atoms with Gasteiger partial charge in [0.05, 0.1) is 12.2 Å². The minimum absolute atomic E-state index is 0.0251. The van der Waals surface area contributed by atoms with Gasteiger partial charge in [0, 0.05) is 39.1 Å². The SMILES string of the molecule is COCCNc1ncc(C(=O)N2CCc3ccccc3C2)cn1. The number of ether oxygens (including phenoxy) is 1. The summed E-state index contributed by atoms with van der Waals surface area (Å²) in [6.07, 6.45) is 4.04. The van der Waals surface area contributed by atoms with E-state index in [1.54, 1.807) is 19.5 Å². The third-order valence-corrected chi connectivity index (χ3v) is 3.91. The number of fused-ring (bicyclic) bond motifs is 1. The Bertz CT molecular complexity index is 673. The second-order valence-electron chi connectivity index (χ2n) is 5.46. The molecule has 2 heterocycles. The number of carbonyl (C=O) groups excluding carboxylic acids is 1. The molecule has 0 atom stereocenters. The van der Waals surface area contributed by atoms with Crippen LogP contribution in [0.4, 0.5) is 5.95 Å². The van der Waals surface area contributed by atoms with Crippen LogP contribution in [0.5, 0.6) is 0 Å². The maximum atomic E-state index is 12.6. The monoisotopic (exact) mass is 312 g/mol. The van der Waals surface area contributed by atoms with E-state index in [2.05, 4.69) is 27.4 Å². The molecular weight excluding hydrogens is 292 g/mol. The third kappa shape index (κ3) is 3.65. The van der Waals surface area contributed by atoms with Crippen LogP contribution in [0.1, 0.15) is 21.5 Å². The van der Waals surface area contributed by atoms with E-state index in [1.165, 1.54) is 11.1 Å². The van der Waals surface area contributed by atoms with Crippen molar-refractivity contribution in [1.29, 1.82) is 0 Å². The predicted octanol–water partition coefficient (Wildman–Crippen LogP) is 1.73. The van der Waals surface area contributed by atoms with Crippen molar-refractivity contribution in [2.45, 2.75) is 13.0 Å². The largest absolute Gasteiger partial charge is 0.383 e. The van der Waals surface area contributed by atoms with Gasteiger partial charge in [-0.1, -0.05) is 24.3 Å². The van der Waals surface area contributed by atoms with Crippen LogP contribution in [0.2, 0.25) is 0 Å². The lowest BCUT2D eigenvalue weighted by Gasteiger charge is -2.28. The molecule has 0 radical (unpaired) electrons. The highest BCUT2D eigenvalue weighted by Gasteiger charge is 2.21. The number of carbonyl (C=O) groups is 1. The summed E-state index contributed by atoms with van der Waals surface area (Å²) < 4.78 is 4.95. The maximum Gasteiger partial charge on any atom is 0.257 e. The highest BCUT2D eigenvalue weighted by atomic mass is 16.5. The molecular formula is C17H20N4O2. The molecule has 1 aliphatic rings. The number of amides is 1. The number of methoxy groups -OCH3 is 1. The van der Waals surface area contributed by atoms with Crippen molar-refractivity contribution in [2.24, 2.45) is 0 Å². The summed E-state index contributed by atoms with van der Waals surface area (Å²) >= 11 is 0. The zero-order valence-electron chi connectivity index (χ0n) is 13.2. The summed E-state index contributed by atoms with van der Waals surface area (Å²) in [4.78, 5) is 22.8. The van der Waals surface area contributed by atoms with Crippen LogP contribution in [0.3, 0.4) is 0 Å². The molecule has 120 valence electrons. The van der Waals surface area contributed by atoms with E-state index in [0.29, 0.717) is 31.2 Å². The highest BCUT2D eigenvalue weighted by molar-refractivity contribution is 5.93. The summed E-state index contributed by atoms with van der Waals surface area (Å²) in [7, 11) is 1.64. The fourth-order valence-corrected chi connectivity index (χ4v) is 2.65. The molecule has 23 heavy (non-hydrogen) atoms. The Morgan fingerprint density at radius 3 is 2.74 bits per heavy atom. The lowest BCUT2D eigenvalue weighted by Crippen LogP contribution is -2.36. The van der Waals surface area contributed by atoms with E-state index < -0.39 is 0 Å². The Kier molecular flexibility index (Phi) is 4.83. The van der Waals surface area contributed by atoms with Gasteiger partial charge in [-0.05, 0) is 17.5 Å². The van der Waals surface area contributed by atoms with Gasteiger partial charge in [0.25, 0.3) is 5.91 Å². The summed E-state index contributed by atoms with van der Waals surface area (Å²) in [5, 5.41) is 3.03. The zero-order chi connectivity index (χ0) is 16.1. The van der Waals surface area contributed by atoms with Crippen molar-refractivity contribution >= 4 is 11.9 Å². The van der Waals surface area contributed by atoms with Crippen molar-refractivity contribution in [3.05, 3.63) is 53.3 Å². The van der Waals surface area contributed by atoms with E-state index >= 15 is 0 Å². The number of anilines is 1. The van der Waals surface area contributed by atoms with Crippen LogP contribution in [0, 0.1) is 0 Å². The normalized spacial score (nSPS) is 13.5. The van der Waals surface area contributed by atoms with Crippen molar-refractivity contribution in [3.8, 4) is 0 Å². The van der Waals surface area contributed by atoms with E-state index in [-0.39, 0.29) is 5.91 Å². The fraction of sp³-hybridized carbons (Fsp3) is 0.353. The number of hydrogen-bond acceptors (Lipinski definition) is 5. The lowest BCUT2D eigenvalue weighted by molar-refractivity contribution is 0.0734. The van der Waals surface area contributed by atoms with Gasteiger partial charge in [-0.15, -0.1) is 0 Å². The summed E-state index contributed by atoms with van der Waals surface area (Å²) in [5.74, 6) is 0.477. The van der Waals surface area contributed by atoms with Crippen LogP contribution in [0.25, 0.3) is 0 Å². The smallest absolute Gasteiger partial charge is 0.257 e. The second kappa shape index (κ2) is 7.19. The first-order valence-electron chi connectivity index (χ1n) is 7.69. The lowest BCUT2D eigenvalue weighted by atomic mass is 9.99. The Hall–Kier alpha value is -2.47. The molecule has 0 bridgehead atoms. The minimum atomic E-state index is -0.0251. The van der Waals surface area contributed by atoms with Gasteiger partial charge in [0.2, 0.25) is 5.95 Å². The number of hydrogen-bond donors (Lipinski definition) is 1. The molecule has 1 N–H and O–H groups in total. The average molecular weight is 312 g/mol. The number of rotatable bonds is 5. The van der Waals surface area contributed by atoms with Gasteiger partial charge in [-0.2, -0.15) is 0 Å². The number of nitrogens with zero attached hydrogens (tertiary/aromatic N) is 3. The Labute approximate surface area is 135 Å². The number of aromatic nitrogens is 2. The molecule has 2 aromatic rings. The minimum Gasteiger partial charge on any atom is -0.383 e. The quantitative estimate of drug-likeness (QED) is 0.852. The standard InChI is InChI=1S/C17H20N4O2/c1-23-9-7-18-17-19-10-15(11-20-17)16(22)21-8-6-13-4-2-3-5-14(13)12-21/h2-5,10-11H,6-9,12H2,1H3,(H,18,19,20). The molecule has 0 aliphatic carbocycles. The van der Waals surface area contributed by atoms with E-state index in [4.69, 9.17) is 4.74 Å². The van der Waals surface area contributed by atoms with Crippen molar-refractivity contribution in [3.63, 3.8) is 0 Å². The van der Waals surface area contributed by atoms with Gasteiger partial charge in [0.15, 0.2) is 0 Å². The Morgan fingerprint density at radius 1 is 1.26 bits per heavy atom. The fourth-order valence-electron chi connectivity index (χ4n) is 2.65. The van der Waals surface area contributed by atoms with Crippen LogP contribution < -0.4 is 5.32 Å². The van der Waals surface area contributed by atoms with Crippen LogP contribution in [-0.2, 0) is 17.7 Å². The van der Waals surface area contributed by atoms with Gasteiger partial charge in [0.1, 0.15) is 0 Å². The molecule has 0 spiro atoms. The predicted molar refractivity (Wildman–Crippen MR) is 87.3 cm³/mol. The van der Waals surface area contributed by atoms with E-state index in [9.17, 15) is 4.79 Å². The highest BCUT2D eigenvalue weighted by Crippen LogP contribution is 2.20. The molecule has 0 saturated carbocycles. The molecule has 1 aromatic carbocycles. The molecule has 1 aromatic heterocycles. The molecule has 0 unspecified atom stereocenters. The van der Waals surface area contributed by atoms with Crippen molar-refractivity contribution in [1.82, 2.24) is 14.9 Å². The van der Waals surface area contributed by atoms with Crippen LogP contribution in [0.15, 0.2) is 36.7 Å². The molecule has 6 nitrogen and oxygen atoms in total. The first-order valence-corrected chi connectivity index (χ1v) is 7.69. The number of benzene rings is 1.